The van der Waals surface area contributed by atoms with Crippen LogP contribution in [0.4, 0.5) is 0 Å². The number of nitrogens with two attached hydrogens (primary N) is 1. The third-order valence-corrected chi connectivity index (χ3v) is 3.77. The van der Waals surface area contributed by atoms with E-state index in [0.717, 1.165) is 19.3 Å². The fraction of sp³-hybridized carbons (Fsp3) is 0.818. The third-order valence-electron chi connectivity index (χ3n) is 3.77. The average Bonchev–Trinajstić information content (AvgIpc) is 2.74. The molecule has 0 spiro atoms. The number of carboxylic acids is 1. The minimum Gasteiger partial charge on any atom is -0.480 e. The number of carboxylic acid groups (broad SMARTS) is 1. The zero-order valence-corrected chi connectivity index (χ0v) is 9.43. The van der Waals surface area contributed by atoms with Gasteiger partial charge in [-0.1, -0.05) is 6.42 Å². The van der Waals surface area contributed by atoms with Crippen LogP contribution in [0.2, 0.25) is 0 Å². The van der Waals surface area contributed by atoms with E-state index in [2.05, 4.69) is 0 Å². The smallest absolute Gasteiger partial charge is 0.326 e. The highest BCUT2D eigenvalue weighted by Gasteiger charge is 2.49. The maximum Gasteiger partial charge on any atom is 0.326 e. The molecule has 1 saturated carbocycles. The first-order chi connectivity index (χ1) is 7.52. The van der Waals surface area contributed by atoms with Crippen molar-refractivity contribution in [2.45, 2.75) is 50.7 Å². The topological polar surface area (TPSA) is 83.6 Å². The monoisotopic (exact) mass is 226 g/mol. The van der Waals surface area contributed by atoms with Crippen LogP contribution in [0.5, 0.6) is 0 Å². The summed E-state index contributed by atoms with van der Waals surface area (Å²) in [5.74, 6) is -0.756. The zero-order chi connectivity index (χ0) is 11.9. The summed E-state index contributed by atoms with van der Waals surface area (Å²) in [5, 5.41) is 9.13. The predicted octanol–water partition coefficient (Wildman–Crippen LogP) is 0.188. The summed E-state index contributed by atoms with van der Waals surface area (Å²) in [6.45, 7) is 1.61. The Bertz CT molecular complexity index is 316. The summed E-state index contributed by atoms with van der Waals surface area (Å²) in [6, 6.07) is -1.16. The number of aliphatic carboxylic acids is 1. The minimum absolute atomic E-state index is 0.111. The van der Waals surface area contributed by atoms with Gasteiger partial charge in [-0.15, -0.1) is 0 Å². The van der Waals surface area contributed by atoms with Crippen molar-refractivity contribution >= 4 is 11.9 Å². The summed E-state index contributed by atoms with van der Waals surface area (Å²) in [6.07, 6.45) is 3.65. The lowest BCUT2D eigenvalue weighted by Gasteiger charge is -2.29. The second-order valence-corrected chi connectivity index (χ2v) is 4.88. The van der Waals surface area contributed by atoms with Gasteiger partial charge in [-0.2, -0.15) is 0 Å². The summed E-state index contributed by atoms with van der Waals surface area (Å²) >= 11 is 0. The maximum absolute atomic E-state index is 11.9. The first-order valence-corrected chi connectivity index (χ1v) is 5.83. The molecule has 2 fully saturated rings. The molecule has 1 aliphatic heterocycles. The third kappa shape index (κ3) is 1.69. The maximum atomic E-state index is 11.9. The van der Waals surface area contributed by atoms with Crippen LogP contribution in [0.15, 0.2) is 0 Å². The summed E-state index contributed by atoms with van der Waals surface area (Å²) in [4.78, 5) is 24.6. The normalized spacial score (nSPS) is 34.9. The zero-order valence-electron chi connectivity index (χ0n) is 9.43. The average molecular weight is 226 g/mol. The van der Waals surface area contributed by atoms with Crippen LogP contribution in [-0.4, -0.2) is 40.0 Å². The Morgan fingerprint density at radius 1 is 1.44 bits per heavy atom. The number of amides is 1. The lowest BCUT2D eigenvalue weighted by molar-refractivity contribution is -0.150. The lowest BCUT2D eigenvalue weighted by atomic mass is 10.0. The van der Waals surface area contributed by atoms with E-state index in [4.69, 9.17) is 10.8 Å². The minimum atomic E-state index is -0.900. The largest absolute Gasteiger partial charge is 0.480 e. The Morgan fingerprint density at radius 3 is 2.69 bits per heavy atom. The van der Waals surface area contributed by atoms with Crippen LogP contribution in [-0.2, 0) is 9.59 Å². The van der Waals surface area contributed by atoms with Gasteiger partial charge in [0.15, 0.2) is 0 Å². The van der Waals surface area contributed by atoms with Crippen LogP contribution < -0.4 is 5.73 Å². The van der Waals surface area contributed by atoms with Gasteiger partial charge in [0.25, 0.3) is 0 Å². The van der Waals surface area contributed by atoms with Gasteiger partial charge in [0.2, 0.25) is 5.91 Å². The number of likely N-dealkylation sites (tertiary alicyclic amines) is 1. The van der Waals surface area contributed by atoms with E-state index in [1.165, 1.54) is 4.90 Å². The molecule has 1 saturated heterocycles. The van der Waals surface area contributed by atoms with Crippen molar-refractivity contribution in [3.05, 3.63) is 0 Å². The number of rotatable bonds is 2. The summed E-state index contributed by atoms with van der Waals surface area (Å²) in [5.41, 5.74) is 5.58. The predicted molar refractivity (Wildman–Crippen MR) is 57.7 cm³/mol. The molecule has 3 N–H and O–H groups in total. The molecule has 0 bridgehead atoms. The van der Waals surface area contributed by atoms with Gasteiger partial charge in [-0.3, -0.25) is 4.79 Å². The first kappa shape index (κ1) is 11.4. The highest BCUT2D eigenvalue weighted by atomic mass is 16.4. The molecule has 0 aromatic rings. The number of hydrogen-bond donors (Lipinski definition) is 2. The summed E-state index contributed by atoms with van der Waals surface area (Å²) < 4.78 is 0. The van der Waals surface area contributed by atoms with Crippen LogP contribution >= 0.6 is 0 Å². The summed E-state index contributed by atoms with van der Waals surface area (Å²) in [7, 11) is 0. The lowest BCUT2D eigenvalue weighted by Crippen LogP contribution is -2.50. The van der Waals surface area contributed by atoms with Gasteiger partial charge in [-0.25, -0.2) is 4.79 Å². The van der Waals surface area contributed by atoms with Crippen molar-refractivity contribution in [3.8, 4) is 0 Å². The second kappa shape index (κ2) is 4.05. The molecule has 0 aromatic carbocycles. The molecule has 1 heterocycles. The SMILES string of the molecule is C[C@H](N)C(=O)N1[C@H](C(=O)O)C[C@@H]2CCC[C@@H]21. The number of carbonyl (C=O) groups excluding carboxylic acids is 1. The molecule has 4 atom stereocenters. The van der Waals surface area contributed by atoms with E-state index < -0.39 is 18.1 Å². The number of nitrogens with zero attached hydrogens (tertiary/aromatic N) is 1. The second-order valence-electron chi connectivity index (χ2n) is 4.88. The van der Waals surface area contributed by atoms with E-state index in [0.29, 0.717) is 12.3 Å². The molecule has 0 aromatic heterocycles. The Balaban J connectivity index is 2.22. The number of fused-ring (bicyclic) bond motifs is 1. The van der Waals surface area contributed by atoms with Gasteiger partial charge in [0.1, 0.15) is 6.04 Å². The van der Waals surface area contributed by atoms with Gasteiger partial charge >= 0.3 is 5.97 Å². The molecule has 90 valence electrons. The highest BCUT2D eigenvalue weighted by molar-refractivity contribution is 5.87. The van der Waals surface area contributed by atoms with Crippen LogP contribution in [0.3, 0.4) is 0 Å². The Hall–Kier alpha value is -1.10. The number of carbonyl (C=O) groups is 2. The van der Waals surface area contributed by atoms with Crippen molar-refractivity contribution in [1.82, 2.24) is 4.90 Å². The van der Waals surface area contributed by atoms with Crippen LogP contribution in [0, 0.1) is 5.92 Å². The highest BCUT2D eigenvalue weighted by Crippen LogP contribution is 2.41. The quantitative estimate of drug-likeness (QED) is 0.704. The van der Waals surface area contributed by atoms with Crippen molar-refractivity contribution in [2.75, 3.05) is 0 Å². The molecule has 16 heavy (non-hydrogen) atoms. The van der Waals surface area contributed by atoms with Crippen LogP contribution in [0.1, 0.15) is 32.6 Å². The molecule has 5 nitrogen and oxygen atoms in total. The molecule has 2 rings (SSSR count). The molecular weight excluding hydrogens is 208 g/mol. The Labute approximate surface area is 94.6 Å². The number of hydrogen-bond acceptors (Lipinski definition) is 3. The molecule has 1 aliphatic carbocycles. The van der Waals surface area contributed by atoms with Crippen molar-refractivity contribution in [1.29, 1.82) is 0 Å². The molecule has 2 aliphatic rings. The van der Waals surface area contributed by atoms with E-state index >= 15 is 0 Å². The van der Waals surface area contributed by atoms with E-state index in [1.54, 1.807) is 6.92 Å². The Morgan fingerprint density at radius 2 is 2.12 bits per heavy atom. The molecular formula is C11H18N2O3. The van der Waals surface area contributed by atoms with Crippen molar-refractivity contribution in [2.24, 2.45) is 11.7 Å². The van der Waals surface area contributed by atoms with Crippen molar-refractivity contribution in [3.63, 3.8) is 0 Å². The van der Waals surface area contributed by atoms with E-state index in [9.17, 15) is 9.59 Å². The van der Waals surface area contributed by atoms with Gasteiger partial charge in [0.05, 0.1) is 6.04 Å². The Kier molecular flexibility index (Phi) is 2.88. The van der Waals surface area contributed by atoms with Gasteiger partial charge in [-0.05, 0) is 32.1 Å². The molecule has 5 heteroatoms. The van der Waals surface area contributed by atoms with E-state index in [-0.39, 0.29) is 11.9 Å². The van der Waals surface area contributed by atoms with Gasteiger partial charge < -0.3 is 15.7 Å². The molecule has 0 radical (unpaired) electrons. The van der Waals surface area contributed by atoms with Gasteiger partial charge in [0, 0.05) is 6.04 Å². The fourth-order valence-electron chi connectivity index (χ4n) is 3.06. The van der Waals surface area contributed by atoms with Crippen molar-refractivity contribution < 1.29 is 14.7 Å². The van der Waals surface area contributed by atoms with Crippen LogP contribution in [0.25, 0.3) is 0 Å². The molecule has 0 unspecified atom stereocenters. The molecule has 1 amide bonds. The fourth-order valence-corrected chi connectivity index (χ4v) is 3.06. The van der Waals surface area contributed by atoms with E-state index in [1.807, 2.05) is 0 Å². The first-order valence-electron chi connectivity index (χ1n) is 5.83. The standard InChI is InChI=1S/C11H18N2O3/c1-6(12)10(14)13-8-4-2-3-7(8)5-9(13)11(15)16/h6-9H,2-5,12H2,1H3,(H,15,16)/t6-,7-,8-,9-/m0/s1.